The highest BCUT2D eigenvalue weighted by atomic mass is 16.5. The van der Waals surface area contributed by atoms with Gasteiger partial charge in [-0.15, -0.1) is 0 Å². The van der Waals surface area contributed by atoms with E-state index in [1.54, 1.807) is 36.3 Å². The van der Waals surface area contributed by atoms with Crippen LogP contribution in [-0.2, 0) is 4.79 Å². The van der Waals surface area contributed by atoms with Gasteiger partial charge >= 0.3 is 5.63 Å². The molecule has 2 heterocycles. The van der Waals surface area contributed by atoms with Gasteiger partial charge in [-0.2, -0.15) is 0 Å². The van der Waals surface area contributed by atoms with Gasteiger partial charge in [0.2, 0.25) is 0 Å². The van der Waals surface area contributed by atoms with Gasteiger partial charge in [0, 0.05) is 55.5 Å². The average molecular weight is 394 g/mol. The number of hydrogen-bond acceptors (Lipinski definition) is 6. The summed E-state index contributed by atoms with van der Waals surface area (Å²) in [7, 11) is 1.65. The van der Waals surface area contributed by atoms with Crippen LogP contribution in [0.4, 0.5) is 5.69 Å². The number of methoxy groups -OCH3 is 1. The molecule has 1 amide bonds. The van der Waals surface area contributed by atoms with Crippen molar-refractivity contribution < 1.29 is 18.7 Å². The van der Waals surface area contributed by atoms with E-state index in [0.29, 0.717) is 24.4 Å². The average Bonchev–Trinajstić information content (AvgIpc) is 2.77. The van der Waals surface area contributed by atoms with Crippen molar-refractivity contribution >= 4 is 22.6 Å². The van der Waals surface area contributed by atoms with Crippen LogP contribution in [0.5, 0.6) is 11.5 Å². The van der Waals surface area contributed by atoms with Gasteiger partial charge in [-0.05, 0) is 30.3 Å². The molecular weight excluding hydrogens is 372 g/mol. The second kappa shape index (κ2) is 8.26. The van der Waals surface area contributed by atoms with Crippen LogP contribution in [-0.4, -0.2) is 50.7 Å². The summed E-state index contributed by atoms with van der Waals surface area (Å²) >= 11 is 0. The molecule has 1 saturated heterocycles. The summed E-state index contributed by atoms with van der Waals surface area (Å²) in [5.41, 5.74) is 1.11. The minimum Gasteiger partial charge on any atom is -0.497 e. The Morgan fingerprint density at radius 1 is 1.00 bits per heavy atom. The van der Waals surface area contributed by atoms with E-state index in [1.165, 1.54) is 6.07 Å². The standard InChI is InChI=1S/C22H22N2O5/c1-27-18-4-2-3-17(13-18)23-9-11-24(12-10-23)21(25)15-28-19-7-5-16-6-8-22(26)29-20(16)14-19/h2-8,13-14H,9-12,15H2,1H3. The Hall–Kier alpha value is -3.48. The molecule has 0 unspecified atom stereocenters. The zero-order valence-electron chi connectivity index (χ0n) is 16.2. The molecule has 1 aliphatic rings. The van der Waals surface area contributed by atoms with Crippen LogP contribution < -0.4 is 20.0 Å². The number of piperazine rings is 1. The van der Waals surface area contributed by atoms with Crippen molar-refractivity contribution in [3.63, 3.8) is 0 Å². The smallest absolute Gasteiger partial charge is 0.336 e. The topological polar surface area (TPSA) is 72.2 Å². The maximum Gasteiger partial charge on any atom is 0.336 e. The zero-order valence-corrected chi connectivity index (χ0v) is 16.2. The first-order valence-corrected chi connectivity index (χ1v) is 9.46. The number of carbonyl (C=O) groups excluding carboxylic acids is 1. The van der Waals surface area contributed by atoms with E-state index in [-0.39, 0.29) is 12.5 Å². The van der Waals surface area contributed by atoms with Crippen molar-refractivity contribution in [2.45, 2.75) is 0 Å². The minimum absolute atomic E-state index is 0.0538. The van der Waals surface area contributed by atoms with Crippen molar-refractivity contribution in [1.29, 1.82) is 0 Å². The van der Waals surface area contributed by atoms with E-state index in [1.807, 2.05) is 24.3 Å². The molecule has 7 heteroatoms. The van der Waals surface area contributed by atoms with Gasteiger partial charge in [-0.25, -0.2) is 4.79 Å². The summed E-state index contributed by atoms with van der Waals surface area (Å²) in [5.74, 6) is 1.25. The molecule has 1 fully saturated rings. The lowest BCUT2D eigenvalue weighted by Crippen LogP contribution is -2.50. The summed E-state index contributed by atoms with van der Waals surface area (Å²) in [6, 6.07) is 16.2. The summed E-state index contributed by atoms with van der Waals surface area (Å²) in [6.45, 7) is 2.71. The van der Waals surface area contributed by atoms with Gasteiger partial charge in [-0.3, -0.25) is 4.79 Å². The van der Waals surface area contributed by atoms with Gasteiger partial charge in [-0.1, -0.05) is 6.07 Å². The molecular formula is C22H22N2O5. The monoisotopic (exact) mass is 394 g/mol. The Labute approximate surface area is 168 Å². The number of amides is 1. The molecule has 0 atom stereocenters. The third-order valence-corrected chi connectivity index (χ3v) is 5.01. The molecule has 2 aromatic carbocycles. The first-order valence-electron chi connectivity index (χ1n) is 9.46. The Bertz CT molecular complexity index is 1070. The molecule has 0 radical (unpaired) electrons. The summed E-state index contributed by atoms with van der Waals surface area (Å²) in [6.07, 6.45) is 0. The van der Waals surface area contributed by atoms with Gasteiger partial charge in [0.25, 0.3) is 5.91 Å². The SMILES string of the molecule is COc1cccc(N2CCN(C(=O)COc3ccc4ccc(=O)oc4c3)CC2)c1. The highest BCUT2D eigenvalue weighted by Crippen LogP contribution is 2.22. The molecule has 0 N–H and O–H groups in total. The molecule has 7 nitrogen and oxygen atoms in total. The van der Waals surface area contributed by atoms with E-state index in [9.17, 15) is 9.59 Å². The molecule has 0 spiro atoms. The van der Waals surface area contributed by atoms with Crippen LogP contribution in [0.15, 0.2) is 63.8 Å². The van der Waals surface area contributed by atoms with Crippen molar-refractivity contribution in [2.24, 2.45) is 0 Å². The first kappa shape index (κ1) is 18.9. The van der Waals surface area contributed by atoms with Crippen LogP contribution in [0.25, 0.3) is 11.0 Å². The fourth-order valence-corrected chi connectivity index (χ4v) is 3.39. The van der Waals surface area contributed by atoms with Crippen molar-refractivity contribution in [2.75, 3.05) is 44.8 Å². The number of ether oxygens (including phenoxy) is 2. The third kappa shape index (κ3) is 4.34. The number of benzene rings is 2. The van der Waals surface area contributed by atoms with E-state index in [4.69, 9.17) is 13.9 Å². The lowest BCUT2D eigenvalue weighted by Gasteiger charge is -2.36. The zero-order chi connectivity index (χ0) is 20.2. The predicted molar refractivity (Wildman–Crippen MR) is 110 cm³/mol. The summed E-state index contributed by atoms with van der Waals surface area (Å²) in [5, 5.41) is 0.803. The normalized spacial score (nSPS) is 14.1. The highest BCUT2D eigenvalue weighted by Gasteiger charge is 2.22. The Kier molecular flexibility index (Phi) is 5.37. The third-order valence-electron chi connectivity index (χ3n) is 5.01. The summed E-state index contributed by atoms with van der Waals surface area (Å²) < 4.78 is 16.1. The fourth-order valence-electron chi connectivity index (χ4n) is 3.39. The molecule has 0 aliphatic carbocycles. The second-order valence-electron chi connectivity index (χ2n) is 6.81. The number of hydrogen-bond donors (Lipinski definition) is 0. The van der Waals surface area contributed by atoms with Gasteiger partial charge in [0.05, 0.1) is 7.11 Å². The molecule has 0 saturated carbocycles. The molecule has 3 aromatic rings. The van der Waals surface area contributed by atoms with Crippen LogP contribution >= 0.6 is 0 Å². The quantitative estimate of drug-likeness (QED) is 0.620. The largest absolute Gasteiger partial charge is 0.497 e. The lowest BCUT2D eigenvalue weighted by molar-refractivity contribution is -0.133. The van der Waals surface area contributed by atoms with Gasteiger partial charge in [0.15, 0.2) is 6.61 Å². The Balaban J connectivity index is 1.32. The minimum atomic E-state index is -0.417. The summed E-state index contributed by atoms with van der Waals surface area (Å²) in [4.78, 5) is 27.9. The first-order chi connectivity index (χ1) is 14.1. The maximum atomic E-state index is 12.5. The van der Waals surface area contributed by atoms with E-state index >= 15 is 0 Å². The van der Waals surface area contributed by atoms with E-state index in [2.05, 4.69) is 4.90 Å². The Morgan fingerprint density at radius 2 is 1.79 bits per heavy atom. The molecule has 4 rings (SSSR count). The molecule has 29 heavy (non-hydrogen) atoms. The van der Waals surface area contributed by atoms with Crippen LogP contribution in [0.1, 0.15) is 0 Å². The van der Waals surface area contributed by atoms with Crippen LogP contribution in [0.3, 0.4) is 0 Å². The van der Waals surface area contributed by atoms with E-state index in [0.717, 1.165) is 29.9 Å². The molecule has 1 aliphatic heterocycles. The Morgan fingerprint density at radius 3 is 2.59 bits per heavy atom. The van der Waals surface area contributed by atoms with Gasteiger partial charge < -0.3 is 23.7 Å². The van der Waals surface area contributed by atoms with Crippen molar-refractivity contribution in [1.82, 2.24) is 4.90 Å². The fraction of sp³-hybridized carbons (Fsp3) is 0.273. The maximum absolute atomic E-state index is 12.5. The number of anilines is 1. The second-order valence-corrected chi connectivity index (χ2v) is 6.81. The van der Waals surface area contributed by atoms with Crippen molar-refractivity contribution in [3.8, 4) is 11.5 Å². The number of fused-ring (bicyclic) bond motifs is 1. The predicted octanol–water partition coefficient (Wildman–Crippen LogP) is 2.53. The molecule has 0 bridgehead atoms. The number of carbonyl (C=O) groups is 1. The highest BCUT2D eigenvalue weighted by molar-refractivity contribution is 5.79. The molecule has 1 aromatic heterocycles. The van der Waals surface area contributed by atoms with E-state index < -0.39 is 5.63 Å². The van der Waals surface area contributed by atoms with Crippen LogP contribution in [0, 0.1) is 0 Å². The van der Waals surface area contributed by atoms with Crippen molar-refractivity contribution in [3.05, 3.63) is 65.0 Å². The van der Waals surface area contributed by atoms with Crippen LogP contribution in [0.2, 0.25) is 0 Å². The number of nitrogens with zero attached hydrogens (tertiary/aromatic N) is 2. The molecule has 150 valence electrons. The van der Waals surface area contributed by atoms with Gasteiger partial charge in [0.1, 0.15) is 17.1 Å². The lowest BCUT2D eigenvalue weighted by atomic mass is 10.2. The number of rotatable bonds is 5.